The van der Waals surface area contributed by atoms with Gasteiger partial charge in [-0.25, -0.2) is 0 Å². The number of para-hydroxylation sites is 1. The number of ether oxygens (including phenoxy) is 1. The number of hydrogen-bond acceptors (Lipinski definition) is 6. The molecule has 0 heterocycles. The fourth-order valence-electron chi connectivity index (χ4n) is 1.56. The van der Waals surface area contributed by atoms with Crippen LogP contribution in [0.15, 0.2) is 24.3 Å². The summed E-state index contributed by atoms with van der Waals surface area (Å²) in [5.74, 6) is 0. The third-order valence-corrected chi connectivity index (χ3v) is 2.59. The molecule has 1 aromatic carbocycles. The van der Waals surface area contributed by atoms with Crippen molar-refractivity contribution >= 4 is 12.0 Å². The summed E-state index contributed by atoms with van der Waals surface area (Å²) in [6, 6.07) is 6.04. The Morgan fingerprint density at radius 1 is 1.42 bits per heavy atom. The smallest absolute Gasteiger partial charge is 0.274 e. The van der Waals surface area contributed by atoms with Gasteiger partial charge in [0.25, 0.3) is 5.69 Å². The summed E-state index contributed by atoms with van der Waals surface area (Å²) in [5.41, 5.74) is 0.249. The predicted octanol–water partition coefficient (Wildman–Crippen LogP) is 0.422. The number of aldehydes is 1. The summed E-state index contributed by atoms with van der Waals surface area (Å²) >= 11 is 0. The standard InChI is InChI=1S/C12H15NO6/c14-6-5-12(11(16)7-15)19-8-9-3-1-2-4-10(9)13(17)18/h1-4,6,11-12,15-16H,5,7-8H2. The molecule has 7 nitrogen and oxygen atoms in total. The van der Waals surface area contributed by atoms with Crippen LogP contribution in [0.1, 0.15) is 12.0 Å². The van der Waals surface area contributed by atoms with Gasteiger partial charge in [-0.1, -0.05) is 12.1 Å². The molecule has 19 heavy (non-hydrogen) atoms. The number of carbonyl (C=O) groups is 1. The van der Waals surface area contributed by atoms with Crippen molar-refractivity contribution in [1.29, 1.82) is 0 Å². The number of carbonyl (C=O) groups excluding carboxylic acids is 1. The molecule has 7 heteroatoms. The molecule has 1 aromatic rings. The van der Waals surface area contributed by atoms with Crippen LogP contribution in [-0.4, -0.2) is 40.2 Å². The van der Waals surface area contributed by atoms with Crippen molar-refractivity contribution in [3.63, 3.8) is 0 Å². The Kier molecular flexibility index (Phi) is 6.07. The molecule has 0 spiro atoms. The average Bonchev–Trinajstić information content (AvgIpc) is 2.42. The van der Waals surface area contributed by atoms with E-state index in [4.69, 9.17) is 9.84 Å². The van der Waals surface area contributed by atoms with Crippen molar-refractivity contribution in [2.24, 2.45) is 0 Å². The SMILES string of the molecule is O=CCC(OCc1ccccc1[N+](=O)[O-])C(O)CO. The molecule has 0 radical (unpaired) electrons. The van der Waals surface area contributed by atoms with Gasteiger partial charge in [-0.3, -0.25) is 10.1 Å². The summed E-state index contributed by atoms with van der Waals surface area (Å²) in [6.45, 7) is -0.665. The molecular weight excluding hydrogens is 254 g/mol. The van der Waals surface area contributed by atoms with E-state index in [2.05, 4.69) is 0 Å². The van der Waals surface area contributed by atoms with Crippen molar-refractivity contribution in [2.45, 2.75) is 25.2 Å². The number of benzene rings is 1. The molecule has 0 fully saturated rings. The van der Waals surface area contributed by atoms with E-state index in [0.29, 0.717) is 11.8 Å². The van der Waals surface area contributed by atoms with E-state index in [0.717, 1.165) is 0 Å². The zero-order chi connectivity index (χ0) is 14.3. The predicted molar refractivity (Wildman–Crippen MR) is 65.4 cm³/mol. The lowest BCUT2D eigenvalue weighted by Crippen LogP contribution is -2.32. The number of aliphatic hydroxyl groups is 2. The van der Waals surface area contributed by atoms with Crippen LogP contribution in [0.4, 0.5) is 5.69 Å². The first kappa shape index (κ1) is 15.2. The Morgan fingerprint density at radius 2 is 2.11 bits per heavy atom. The monoisotopic (exact) mass is 269 g/mol. The van der Waals surface area contributed by atoms with Crippen LogP contribution in [0.5, 0.6) is 0 Å². The van der Waals surface area contributed by atoms with Crippen LogP contribution < -0.4 is 0 Å². The second-order valence-electron chi connectivity index (χ2n) is 3.89. The summed E-state index contributed by atoms with van der Waals surface area (Å²) in [5, 5.41) is 29.0. The van der Waals surface area contributed by atoms with Gasteiger partial charge in [-0.15, -0.1) is 0 Å². The van der Waals surface area contributed by atoms with Gasteiger partial charge in [-0.2, -0.15) is 0 Å². The Labute approximate surface area is 109 Å². The molecule has 0 aliphatic carbocycles. The van der Waals surface area contributed by atoms with Crippen LogP contribution in [0.3, 0.4) is 0 Å². The minimum atomic E-state index is -1.20. The maximum atomic E-state index is 10.8. The Morgan fingerprint density at radius 3 is 2.68 bits per heavy atom. The van der Waals surface area contributed by atoms with Gasteiger partial charge < -0.3 is 19.7 Å². The molecule has 2 N–H and O–H groups in total. The molecule has 0 aliphatic heterocycles. The molecule has 0 aliphatic rings. The van der Waals surface area contributed by atoms with E-state index in [1.54, 1.807) is 6.07 Å². The molecule has 0 aromatic heterocycles. The van der Waals surface area contributed by atoms with E-state index in [1.807, 2.05) is 0 Å². The highest BCUT2D eigenvalue weighted by atomic mass is 16.6. The molecule has 0 saturated carbocycles. The molecule has 2 unspecified atom stereocenters. The van der Waals surface area contributed by atoms with Crippen LogP contribution in [0.25, 0.3) is 0 Å². The van der Waals surface area contributed by atoms with Gasteiger partial charge in [0, 0.05) is 12.5 Å². The number of nitrogens with zero attached hydrogens (tertiary/aromatic N) is 1. The van der Waals surface area contributed by atoms with E-state index in [1.165, 1.54) is 18.2 Å². The van der Waals surface area contributed by atoms with Gasteiger partial charge in [0.1, 0.15) is 12.4 Å². The minimum Gasteiger partial charge on any atom is -0.394 e. The topological polar surface area (TPSA) is 110 Å². The number of aliphatic hydroxyl groups excluding tert-OH is 2. The fourth-order valence-corrected chi connectivity index (χ4v) is 1.56. The van der Waals surface area contributed by atoms with E-state index >= 15 is 0 Å². The average molecular weight is 269 g/mol. The van der Waals surface area contributed by atoms with Crippen molar-refractivity contribution < 1.29 is 24.7 Å². The largest absolute Gasteiger partial charge is 0.394 e. The first-order chi connectivity index (χ1) is 9.10. The van der Waals surface area contributed by atoms with Crippen molar-refractivity contribution in [2.75, 3.05) is 6.61 Å². The Hall–Kier alpha value is -1.83. The van der Waals surface area contributed by atoms with Crippen molar-refractivity contribution in [3.8, 4) is 0 Å². The van der Waals surface area contributed by atoms with Gasteiger partial charge >= 0.3 is 0 Å². The lowest BCUT2D eigenvalue weighted by molar-refractivity contribution is -0.386. The van der Waals surface area contributed by atoms with Crippen molar-refractivity contribution in [1.82, 2.24) is 0 Å². The van der Waals surface area contributed by atoms with E-state index < -0.39 is 23.7 Å². The van der Waals surface area contributed by atoms with Crippen LogP contribution in [-0.2, 0) is 16.1 Å². The normalized spacial score (nSPS) is 13.8. The second kappa shape index (κ2) is 7.57. The molecular formula is C12H15NO6. The molecule has 104 valence electrons. The number of nitro benzene ring substituents is 1. The van der Waals surface area contributed by atoms with Crippen LogP contribution in [0.2, 0.25) is 0 Å². The lowest BCUT2D eigenvalue weighted by atomic mass is 10.1. The molecule has 1 rings (SSSR count). The molecule has 0 bridgehead atoms. The maximum Gasteiger partial charge on any atom is 0.274 e. The highest BCUT2D eigenvalue weighted by molar-refractivity contribution is 5.50. The van der Waals surface area contributed by atoms with Crippen LogP contribution >= 0.6 is 0 Å². The number of nitro groups is 1. The quantitative estimate of drug-likeness (QED) is 0.402. The van der Waals surface area contributed by atoms with Gasteiger partial charge in [-0.05, 0) is 6.07 Å². The highest BCUT2D eigenvalue weighted by Gasteiger charge is 2.20. The van der Waals surface area contributed by atoms with Crippen LogP contribution in [0, 0.1) is 10.1 Å². The van der Waals surface area contributed by atoms with Gasteiger partial charge in [0.05, 0.1) is 29.8 Å². The fraction of sp³-hybridized carbons (Fsp3) is 0.417. The zero-order valence-corrected chi connectivity index (χ0v) is 10.1. The van der Waals surface area contributed by atoms with E-state index in [9.17, 15) is 20.0 Å². The third-order valence-electron chi connectivity index (χ3n) is 2.59. The number of rotatable bonds is 8. The number of hydrogen-bond donors (Lipinski definition) is 2. The third kappa shape index (κ3) is 4.40. The summed E-state index contributed by atoms with van der Waals surface area (Å²) in [4.78, 5) is 20.7. The second-order valence-corrected chi connectivity index (χ2v) is 3.89. The maximum absolute atomic E-state index is 10.8. The van der Waals surface area contributed by atoms with Gasteiger partial charge in [0.15, 0.2) is 0 Å². The molecule has 2 atom stereocenters. The highest BCUT2D eigenvalue weighted by Crippen LogP contribution is 2.19. The summed E-state index contributed by atoms with van der Waals surface area (Å²) in [7, 11) is 0. The lowest BCUT2D eigenvalue weighted by Gasteiger charge is -2.19. The molecule has 0 amide bonds. The molecule has 0 saturated heterocycles. The van der Waals surface area contributed by atoms with E-state index in [-0.39, 0.29) is 18.7 Å². The Balaban J connectivity index is 2.73. The Bertz CT molecular complexity index is 436. The minimum absolute atomic E-state index is 0.0918. The first-order valence-corrected chi connectivity index (χ1v) is 5.66. The summed E-state index contributed by atoms with van der Waals surface area (Å²) in [6.07, 6.45) is -1.62. The van der Waals surface area contributed by atoms with Gasteiger partial charge in [0.2, 0.25) is 0 Å². The summed E-state index contributed by atoms with van der Waals surface area (Å²) < 4.78 is 5.27. The zero-order valence-electron chi connectivity index (χ0n) is 10.1. The van der Waals surface area contributed by atoms with Crippen molar-refractivity contribution in [3.05, 3.63) is 39.9 Å². The first-order valence-electron chi connectivity index (χ1n) is 5.66.